The molecular formula is C23H22N4O2. The number of carbonyl (C=O) groups is 1. The molecule has 1 amide bonds. The molecule has 0 aliphatic rings. The van der Waals surface area contributed by atoms with E-state index in [-0.39, 0.29) is 17.2 Å². The summed E-state index contributed by atoms with van der Waals surface area (Å²) in [6.45, 7) is 5.64. The zero-order valence-electron chi connectivity index (χ0n) is 16.9. The number of fused-ring (bicyclic) bond motifs is 1. The summed E-state index contributed by atoms with van der Waals surface area (Å²) in [5.41, 5.74) is 4.48. The summed E-state index contributed by atoms with van der Waals surface area (Å²) in [6, 6.07) is 16.9. The van der Waals surface area contributed by atoms with Crippen LogP contribution < -0.4 is 10.9 Å². The summed E-state index contributed by atoms with van der Waals surface area (Å²) in [5, 5.41) is 3.61. The highest BCUT2D eigenvalue weighted by Gasteiger charge is 2.20. The Kier molecular flexibility index (Phi) is 4.54. The fourth-order valence-corrected chi connectivity index (χ4v) is 3.55. The minimum absolute atomic E-state index is 0.268. The van der Waals surface area contributed by atoms with Crippen LogP contribution in [0.4, 0.5) is 5.69 Å². The smallest absolute Gasteiger partial charge is 0.295 e. The predicted molar refractivity (Wildman–Crippen MR) is 115 cm³/mol. The molecule has 0 spiro atoms. The van der Waals surface area contributed by atoms with E-state index in [0.717, 1.165) is 27.8 Å². The van der Waals surface area contributed by atoms with E-state index in [4.69, 9.17) is 0 Å². The molecule has 0 aliphatic carbocycles. The average molecular weight is 386 g/mol. The Morgan fingerprint density at radius 3 is 2.45 bits per heavy atom. The number of para-hydroxylation sites is 1. The van der Waals surface area contributed by atoms with E-state index in [9.17, 15) is 9.59 Å². The Balaban J connectivity index is 1.80. The van der Waals surface area contributed by atoms with Crippen molar-refractivity contribution in [3.8, 4) is 5.69 Å². The maximum absolute atomic E-state index is 13.2. The average Bonchev–Trinajstić information content (AvgIpc) is 2.91. The predicted octanol–water partition coefficient (Wildman–Crippen LogP) is 3.90. The van der Waals surface area contributed by atoms with E-state index in [1.54, 1.807) is 22.5 Å². The van der Waals surface area contributed by atoms with Gasteiger partial charge in [0.25, 0.3) is 11.5 Å². The molecule has 6 heteroatoms. The lowest BCUT2D eigenvalue weighted by atomic mass is 10.0. The molecule has 1 N–H and O–H groups in total. The van der Waals surface area contributed by atoms with Gasteiger partial charge in [0.05, 0.1) is 22.5 Å². The molecule has 0 fully saturated rings. The first-order chi connectivity index (χ1) is 13.9. The van der Waals surface area contributed by atoms with Gasteiger partial charge < -0.3 is 5.32 Å². The number of nitrogens with zero attached hydrogens (tertiary/aromatic N) is 3. The van der Waals surface area contributed by atoms with Crippen LogP contribution in [0.2, 0.25) is 0 Å². The van der Waals surface area contributed by atoms with Crippen molar-refractivity contribution in [1.29, 1.82) is 0 Å². The van der Waals surface area contributed by atoms with Gasteiger partial charge in [0.15, 0.2) is 0 Å². The summed E-state index contributed by atoms with van der Waals surface area (Å²) in [4.78, 5) is 30.7. The third-order valence-corrected chi connectivity index (χ3v) is 5.13. The number of hydrogen-bond acceptors (Lipinski definition) is 3. The minimum atomic E-state index is -0.322. The van der Waals surface area contributed by atoms with Gasteiger partial charge in [-0.25, -0.2) is 4.68 Å². The van der Waals surface area contributed by atoms with Crippen LogP contribution in [0.3, 0.4) is 0 Å². The van der Waals surface area contributed by atoms with Crippen molar-refractivity contribution in [2.45, 2.75) is 20.8 Å². The van der Waals surface area contributed by atoms with Crippen molar-refractivity contribution in [2.24, 2.45) is 7.05 Å². The van der Waals surface area contributed by atoms with Gasteiger partial charge in [-0.1, -0.05) is 29.8 Å². The second-order valence-corrected chi connectivity index (χ2v) is 7.22. The highest BCUT2D eigenvalue weighted by atomic mass is 16.2. The fourth-order valence-electron chi connectivity index (χ4n) is 3.55. The molecular weight excluding hydrogens is 364 g/mol. The van der Waals surface area contributed by atoms with Gasteiger partial charge in [0.1, 0.15) is 5.69 Å². The highest BCUT2D eigenvalue weighted by molar-refractivity contribution is 6.12. The van der Waals surface area contributed by atoms with E-state index in [2.05, 4.69) is 10.3 Å². The number of pyridine rings is 1. The van der Waals surface area contributed by atoms with E-state index in [1.165, 1.54) is 0 Å². The molecule has 2 aromatic carbocycles. The number of carbonyl (C=O) groups excluding carboxylic acids is 1. The maximum atomic E-state index is 13.2. The summed E-state index contributed by atoms with van der Waals surface area (Å²) in [7, 11) is 1.80. The summed E-state index contributed by atoms with van der Waals surface area (Å²) < 4.78 is 3.29. The molecule has 6 nitrogen and oxygen atoms in total. The molecule has 0 atom stereocenters. The molecule has 0 unspecified atom stereocenters. The van der Waals surface area contributed by atoms with Gasteiger partial charge in [0, 0.05) is 18.1 Å². The Morgan fingerprint density at radius 2 is 1.72 bits per heavy atom. The fraction of sp³-hybridized carbons (Fsp3) is 0.174. The lowest BCUT2D eigenvalue weighted by molar-refractivity contribution is 0.102. The number of rotatable bonds is 3. The molecule has 2 aromatic heterocycles. The number of amides is 1. The normalized spacial score (nSPS) is 11.0. The van der Waals surface area contributed by atoms with Crippen LogP contribution in [0, 0.1) is 20.8 Å². The van der Waals surface area contributed by atoms with Crippen LogP contribution in [0.1, 0.15) is 27.3 Å². The molecule has 146 valence electrons. The van der Waals surface area contributed by atoms with Crippen molar-refractivity contribution in [3.63, 3.8) is 0 Å². The van der Waals surface area contributed by atoms with E-state index in [0.29, 0.717) is 11.3 Å². The second kappa shape index (κ2) is 7.05. The maximum Gasteiger partial charge on any atom is 0.295 e. The van der Waals surface area contributed by atoms with Gasteiger partial charge >= 0.3 is 0 Å². The van der Waals surface area contributed by atoms with Crippen molar-refractivity contribution >= 4 is 22.5 Å². The van der Waals surface area contributed by atoms with Crippen molar-refractivity contribution in [2.75, 3.05) is 5.32 Å². The number of aromatic nitrogens is 3. The van der Waals surface area contributed by atoms with Gasteiger partial charge in [-0.2, -0.15) is 0 Å². The SMILES string of the molecule is Cc1ccc2nc(C)cc(C(=O)Nc3c(C)n(C)n(-c4ccccc4)c3=O)c2c1. The lowest BCUT2D eigenvalue weighted by Gasteiger charge is -2.09. The third kappa shape index (κ3) is 3.23. The topological polar surface area (TPSA) is 68.9 Å². The van der Waals surface area contributed by atoms with Gasteiger partial charge in [-0.05, 0) is 51.1 Å². The summed E-state index contributed by atoms with van der Waals surface area (Å²) in [5.74, 6) is -0.322. The highest BCUT2D eigenvalue weighted by Crippen LogP contribution is 2.22. The molecule has 4 aromatic rings. The quantitative estimate of drug-likeness (QED) is 0.581. The number of nitrogens with one attached hydrogen (secondary N) is 1. The zero-order chi connectivity index (χ0) is 20.7. The van der Waals surface area contributed by atoms with Crippen LogP contribution in [0.25, 0.3) is 16.6 Å². The third-order valence-electron chi connectivity index (χ3n) is 5.13. The zero-order valence-corrected chi connectivity index (χ0v) is 16.9. The molecule has 29 heavy (non-hydrogen) atoms. The Bertz CT molecular complexity index is 1300. The van der Waals surface area contributed by atoms with E-state index in [1.807, 2.05) is 69.3 Å². The van der Waals surface area contributed by atoms with Gasteiger partial charge in [0.2, 0.25) is 0 Å². The second-order valence-electron chi connectivity index (χ2n) is 7.22. The monoisotopic (exact) mass is 386 g/mol. The molecule has 2 heterocycles. The standard InChI is InChI=1S/C23H22N4O2/c1-14-10-11-20-18(12-14)19(13-15(2)24-20)22(28)25-21-16(3)26(4)27(23(21)29)17-8-6-5-7-9-17/h5-13H,1-4H3,(H,25,28). The molecule has 4 rings (SSSR count). The van der Waals surface area contributed by atoms with Crippen molar-refractivity contribution < 1.29 is 4.79 Å². The number of anilines is 1. The van der Waals surface area contributed by atoms with Crippen LogP contribution in [-0.2, 0) is 7.05 Å². The molecule has 0 radical (unpaired) electrons. The number of benzene rings is 2. The van der Waals surface area contributed by atoms with Crippen LogP contribution >= 0.6 is 0 Å². The van der Waals surface area contributed by atoms with Crippen LogP contribution in [0.15, 0.2) is 59.4 Å². The first kappa shape index (κ1) is 18.7. The van der Waals surface area contributed by atoms with Crippen LogP contribution in [0.5, 0.6) is 0 Å². The Labute approximate surface area is 168 Å². The first-order valence-electron chi connectivity index (χ1n) is 9.40. The number of aryl methyl sites for hydroxylation is 2. The number of hydrogen-bond donors (Lipinski definition) is 1. The Hall–Kier alpha value is -3.67. The van der Waals surface area contributed by atoms with Crippen molar-refractivity contribution in [1.82, 2.24) is 14.3 Å². The lowest BCUT2D eigenvalue weighted by Crippen LogP contribution is -2.23. The summed E-state index contributed by atoms with van der Waals surface area (Å²) >= 11 is 0. The molecule has 0 saturated carbocycles. The molecule has 0 saturated heterocycles. The van der Waals surface area contributed by atoms with E-state index < -0.39 is 0 Å². The largest absolute Gasteiger partial charge is 0.316 e. The Morgan fingerprint density at radius 1 is 1.00 bits per heavy atom. The van der Waals surface area contributed by atoms with Gasteiger partial charge in [-0.15, -0.1) is 0 Å². The van der Waals surface area contributed by atoms with Gasteiger partial charge in [-0.3, -0.25) is 19.3 Å². The van der Waals surface area contributed by atoms with E-state index >= 15 is 0 Å². The van der Waals surface area contributed by atoms with Crippen molar-refractivity contribution in [3.05, 3.63) is 87.5 Å². The molecule has 0 bridgehead atoms. The first-order valence-corrected chi connectivity index (χ1v) is 9.40. The summed E-state index contributed by atoms with van der Waals surface area (Å²) in [6.07, 6.45) is 0. The molecule has 0 aliphatic heterocycles. The van der Waals surface area contributed by atoms with Crippen LogP contribution in [-0.4, -0.2) is 20.3 Å². The minimum Gasteiger partial charge on any atom is -0.316 e.